The van der Waals surface area contributed by atoms with Crippen molar-refractivity contribution in [3.05, 3.63) is 18.2 Å². The van der Waals surface area contributed by atoms with Crippen molar-refractivity contribution in [1.29, 1.82) is 0 Å². The maximum atomic E-state index is 12.7. The number of ether oxygens (including phenoxy) is 1. The summed E-state index contributed by atoms with van der Waals surface area (Å²) in [6.45, 7) is 5.76. The Bertz CT molecular complexity index is 355. The molecule has 1 fully saturated rings. The lowest BCUT2D eigenvalue weighted by Gasteiger charge is -2.33. The highest BCUT2D eigenvalue weighted by molar-refractivity contribution is 5.29. The van der Waals surface area contributed by atoms with E-state index < -0.39 is 5.82 Å². The summed E-state index contributed by atoms with van der Waals surface area (Å²) in [6, 6.07) is 0. The lowest BCUT2D eigenvalue weighted by molar-refractivity contribution is 0.000790. The molecule has 0 aromatic carbocycles. The minimum absolute atomic E-state index is 0.220. The van der Waals surface area contributed by atoms with Gasteiger partial charge in [0.1, 0.15) is 0 Å². The molecule has 0 amide bonds. The van der Waals surface area contributed by atoms with E-state index in [4.69, 9.17) is 4.74 Å². The zero-order chi connectivity index (χ0) is 12.3. The smallest absolute Gasteiger partial charge is 0.225 e. The van der Waals surface area contributed by atoms with E-state index in [9.17, 15) is 4.39 Å². The summed E-state index contributed by atoms with van der Waals surface area (Å²) in [6.07, 6.45) is 4.98. The van der Waals surface area contributed by atoms with Crippen molar-refractivity contribution >= 4 is 5.95 Å². The molecule has 1 saturated heterocycles. The Hall–Kier alpha value is -1.23. The van der Waals surface area contributed by atoms with Crippen LogP contribution in [0.5, 0.6) is 0 Å². The third-order valence-electron chi connectivity index (χ3n) is 2.73. The number of hydrogen-bond donors (Lipinski definition) is 0. The SMILES string of the molecule is CC(C)O[C@@H]1CCCN(c2ncc(F)cn2)C1. The minimum atomic E-state index is -0.402. The molecule has 94 valence electrons. The molecular weight excluding hydrogens is 221 g/mol. The average molecular weight is 239 g/mol. The first-order valence-electron chi connectivity index (χ1n) is 6.03. The topological polar surface area (TPSA) is 38.2 Å². The van der Waals surface area contributed by atoms with E-state index in [2.05, 4.69) is 14.9 Å². The maximum absolute atomic E-state index is 12.7. The highest BCUT2D eigenvalue weighted by atomic mass is 19.1. The molecule has 1 aromatic rings. The van der Waals surface area contributed by atoms with Crippen LogP contribution in [0.3, 0.4) is 0 Å². The van der Waals surface area contributed by atoms with Gasteiger partial charge >= 0.3 is 0 Å². The molecule has 0 radical (unpaired) electrons. The molecule has 0 unspecified atom stereocenters. The van der Waals surface area contributed by atoms with E-state index in [0.29, 0.717) is 5.95 Å². The number of nitrogens with zero attached hydrogens (tertiary/aromatic N) is 3. The van der Waals surface area contributed by atoms with Crippen molar-refractivity contribution in [3.63, 3.8) is 0 Å². The van der Waals surface area contributed by atoms with Crippen molar-refractivity contribution in [2.45, 2.75) is 38.9 Å². The van der Waals surface area contributed by atoms with Gasteiger partial charge < -0.3 is 9.64 Å². The Kier molecular flexibility index (Phi) is 3.89. The zero-order valence-corrected chi connectivity index (χ0v) is 10.3. The van der Waals surface area contributed by atoms with Crippen LogP contribution in [0.4, 0.5) is 10.3 Å². The van der Waals surface area contributed by atoms with Crippen molar-refractivity contribution in [2.24, 2.45) is 0 Å². The lowest BCUT2D eigenvalue weighted by atomic mass is 10.1. The summed E-state index contributed by atoms with van der Waals surface area (Å²) in [7, 11) is 0. The largest absolute Gasteiger partial charge is 0.374 e. The van der Waals surface area contributed by atoms with E-state index in [-0.39, 0.29) is 12.2 Å². The summed E-state index contributed by atoms with van der Waals surface area (Å²) in [4.78, 5) is 10.1. The average Bonchev–Trinajstić information content (AvgIpc) is 2.29. The molecular formula is C12H18FN3O. The standard InChI is InChI=1S/C12H18FN3O/c1-9(2)17-11-4-3-5-16(8-11)12-14-6-10(13)7-15-12/h6-7,9,11H,3-5,8H2,1-2H3/t11-/m1/s1. The van der Waals surface area contributed by atoms with Gasteiger partial charge in [-0.05, 0) is 26.7 Å². The fraction of sp³-hybridized carbons (Fsp3) is 0.667. The third-order valence-corrected chi connectivity index (χ3v) is 2.73. The van der Waals surface area contributed by atoms with Crippen LogP contribution in [0.2, 0.25) is 0 Å². The second-order valence-electron chi connectivity index (χ2n) is 4.60. The Morgan fingerprint density at radius 3 is 2.76 bits per heavy atom. The van der Waals surface area contributed by atoms with Crippen LogP contribution in [0.25, 0.3) is 0 Å². The highest BCUT2D eigenvalue weighted by Crippen LogP contribution is 2.18. The minimum Gasteiger partial charge on any atom is -0.374 e. The van der Waals surface area contributed by atoms with Crippen LogP contribution in [-0.4, -0.2) is 35.3 Å². The summed E-state index contributed by atoms with van der Waals surface area (Å²) < 4.78 is 18.5. The predicted octanol–water partition coefficient (Wildman–Crippen LogP) is 2.01. The Morgan fingerprint density at radius 2 is 2.12 bits per heavy atom. The van der Waals surface area contributed by atoms with Crippen molar-refractivity contribution in [3.8, 4) is 0 Å². The van der Waals surface area contributed by atoms with Crippen molar-refractivity contribution in [1.82, 2.24) is 9.97 Å². The molecule has 4 nitrogen and oxygen atoms in total. The monoisotopic (exact) mass is 239 g/mol. The summed E-state index contributed by atoms with van der Waals surface area (Å²) in [5.41, 5.74) is 0. The molecule has 2 heterocycles. The highest BCUT2D eigenvalue weighted by Gasteiger charge is 2.22. The number of halogens is 1. The van der Waals surface area contributed by atoms with Gasteiger partial charge in [-0.3, -0.25) is 0 Å². The Balaban J connectivity index is 1.99. The molecule has 2 rings (SSSR count). The van der Waals surface area contributed by atoms with Gasteiger partial charge in [0.15, 0.2) is 5.82 Å². The zero-order valence-electron chi connectivity index (χ0n) is 10.3. The molecule has 1 atom stereocenters. The maximum Gasteiger partial charge on any atom is 0.225 e. The van der Waals surface area contributed by atoms with Gasteiger partial charge in [0.05, 0.1) is 24.6 Å². The fourth-order valence-corrected chi connectivity index (χ4v) is 2.08. The molecule has 0 bridgehead atoms. The van der Waals surface area contributed by atoms with Gasteiger partial charge in [-0.15, -0.1) is 0 Å². The summed E-state index contributed by atoms with van der Waals surface area (Å²) in [5, 5.41) is 0. The van der Waals surface area contributed by atoms with Crippen LogP contribution < -0.4 is 4.90 Å². The number of piperidine rings is 1. The quantitative estimate of drug-likeness (QED) is 0.808. The van der Waals surface area contributed by atoms with E-state index in [1.165, 1.54) is 12.4 Å². The first kappa shape index (κ1) is 12.2. The van der Waals surface area contributed by atoms with Crippen LogP contribution in [0, 0.1) is 5.82 Å². The second-order valence-corrected chi connectivity index (χ2v) is 4.60. The normalized spacial score (nSPS) is 20.9. The summed E-state index contributed by atoms with van der Waals surface area (Å²) >= 11 is 0. The van der Waals surface area contributed by atoms with E-state index >= 15 is 0 Å². The first-order chi connectivity index (χ1) is 8.15. The van der Waals surface area contributed by atoms with Gasteiger partial charge in [-0.1, -0.05) is 0 Å². The number of hydrogen-bond acceptors (Lipinski definition) is 4. The van der Waals surface area contributed by atoms with E-state index in [0.717, 1.165) is 25.9 Å². The van der Waals surface area contributed by atoms with Gasteiger partial charge in [0.25, 0.3) is 0 Å². The number of aromatic nitrogens is 2. The van der Waals surface area contributed by atoms with Crippen LogP contribution in [0.15, 0.2) is 12.4 Å². The first-order valence-corrected chi connectivity index (χ1v) is 6.03. The van der Waals surface area contributed by atoms with Gasteiger partial charge in [0, 0.05) is 13.1 Å². The Morgan fingerprint density at radius 1 is 1.41 bits per heavy atom. The van der Waals surface area contributed by atoms with E-state index in [1.807, 2.05) is 13.8 Å². The van der Waals surface area contributed by atoms with Crippen LogP contribution in [-0.2, 0) is 4.74 Å². The molecule has 0 N–H and O–H groups in total. The third kappa shape index (κ3) is 3.36. The predicted molar refractivity (Wildman–Crippen MR) is 63.4 cm³/mol. The van der Waals surface area contributed by atoms with Gasteiger partial charge in [-0.2, -0.15) is 0 Å². The lowest BCUT2D eigenvalue weighted by Crippen LogP contribution is -2.41. The molecule has 0 saturated carbocycles. The fourth-order valence-electron chi connectivity index (χ4n) is 2.08. The molecule has 1 aliphatic heterocycles. The van der Waals surface area contributed by atoms with Crippen molar-refractivity contribution in [2.75, 3.05) is 18.0 Å². The Labute approximate surface area is 101 Å². The van der Waals surface area contributed by atoms with Gasteiger partial charge in [-0.25, -0.2) is 14.4 Å². The van der Waals surface area contributed by atoms with Crippen LogP contribution >= 0.6 is 0 Å². The molecule has 0 spiro atoms. The van der Waals surface area contributed by atoms with Crippen LogP contribution in [0.1, 0.15) is 26.7 Å². The van der Waals surface area contributed by atoms with Gasteiger partial charge in [0.2, 0.25) is 5.95 Å². The number of rotatable bonds is 3. The summed E-state index contributed by atoms with van der Waals surface area (Å²) in [5.74, 6) is 0.184. The molecule has 17 heavy (non-hydrogen) atoms. The molecule has 5 heteroatoms. The molecule has 0 aliphatic carbocycles. The molecule has 1 aromatic heterocycles. The van der Waals surface area contributed by atoms with E-state index in [1.54, 1.807) is 0 Å². The molecule has 1 aliphatic rings. The van der Waals surface area contributed by atoms with Crippen molar-refractivity contribution < 1.29 is 9.13 Å². The number of anilines is 1. The second kappa shape index (κ2) is 5.40.